The van der Waals surface area contributed by atoms with Gasteiger partial charge in [-0.05, 0) is 26.7 Å². The van der Waals surface area contributed by atoms with E-state index in [4.69, 9.17) is 5.73 Å². The normalized spacial score (nSPS) is 13.0. The minimum Gasteiger partial charge on any atom is -0.355 e. The highest BCUT2D eigenvalue weighted by Gasteiger charge is 2.34. The maximum Gasteiger partial charge on any atom is 0.242 e. The van der Waals surface area contributed by atoms with E-state index in [9.17, 15) is 9.59 Å². The Morgan fingerprint density at radius 3 is 2.12 bits per heavy atom. The molecule has 0 bridgehead atoms. The highest BCUT2D eigenvalue weighted by molar-refractivity contribution is 5.89. The lowest BCUT2D eigenvalue weighted by Gasteiger charge is -2.29. The molecule has 2 amide bonds. The fraction of sp³-hybridized carbons (Fsp3) is 0.833. The average Bonchev–Trinajstić information content (AvgIpc) is 2.32. The van der Waals surface area contributed by atoms with Crippen molar-refractivity contribution in [2.45, 2.75) is 46.6 Å². The molecule has 0 aliphatic heterocycles. The Kier molecular flexibility index (Phi) is 6.80. The van der Waals surface area contributed by atoms with E-state index in [1.165, 1.54) is 0 Å². The smallest absolute Gasteiger partial charge is 0.242 e. The monoisotopic (exact) mass is 243 g/mol. The number of rotatable bonds is 7. The van der Waals surface area contributed by atoms with Crippen molar-refractivity contribution in [3.05, 3.63) is 0 Å². The summed E-state index contributed by atoms with van der Waals surface area (Å²) in [6.45, 7) is 8.25. The Morgan fingerprint density at radius 1 is 1.24 bits per heavy atom. The zero-order chi connectivity index (χ0) is 13.5. The number of amides is 2. The molecule has 0 spiro atoms. The van der Waals surface area contributed by atoms with Gasteiger partial charge in [0.05, 0.1) is 5.41 Å². The van der Waals surface area contributed by atoms with Gasteiger partial charge in [0, 0.05) is 13.1 Å². The van der Waals surface area contributed by atoms with Gasteiger partial charge in [0.25, 0.3) is 0 Å². The van der Waals surface area contributed by atoms with Crippen LogP contribution in [-0.4, -0.2) is 30.9 Å². The molecule has 0 fully saturated rings. The van der Waals surface area contributed by atoms with Gasteiger partial charge in [-0.1, -0.05) is 13.8 Å². The first kappa shape index (κ1) is 15.9. The van der Waals surface area contributed by atoms with Crippen LogP contribution in [-0.2, 0) is 9.59 Å². The van der Waals surface area contributed by atoms with Crippen LogP contribution in [0.2, 0.25) is 0 Å². The zero-order valence-corrected chi connectivity index (χ0v) is 11.3. The number of carbonyl (C=O) groups excluding carboxylic acids is 2. The second-order valence-electron chi connectivity index (χ2n) is 4.28. The number of hydrogen-bond donors (Lipinski definition) is 3. The maximum atomic E-state index is 12.1. The summed E-state index contributed by atoms with van der Waals surface area (Å²) in [6.07, 6.45) is 1.35. The fourth-order valence-electron chi connectivity index (χ4n) is 1.70. The molecule has 0 saturated heterocycles. The SMILES string of the molecule is CCNC(=O)C(C)NC(=O)C(CC)(CC)CN. The maximum absolute atomic E-state index is 12.1. The summed E-state index contributed by atoms with van der Waals surface area (Å²) >= 11 is 0. The van der Waals surface area contributed by atoms with E-state index in [1.807, 2.05) is 20.8 Å². The first-order valence-corrected chi connectivity index (χ1v) is 6.26. The van der Waals surface area contributed by atoms with Crippen molar-refractivity contribution in [3.8, 4) is 0 Å². The Morgan fingerprint density at radius 2 is 1.76 bits per heavy atom. The Bertz CT molecular complexity index is 254. The topological polar surface area (TPSA) is 84.2 Å². The van der Waals surface area contributed by atoms with Crippen LogP contribution >= 0.6 is 0 Å². The lowest BCUT2D eigenvalue weighted by Crippen LogP contribution is -2.52. The molecule has 0 aromatic heterocycles. The number of likely N-dealkylation sites (N-methyl/N-ethyl adjacent to an activating group) is 1. The molecular weight excluding hydrogens is 218 g/mol. The molecule has 0 radical (unpaired) electrons. The predicted molar refractivity (Wildman–Crippen MR) is 68.4 cm³/mol. The van der Waals surface area contributed by atoms with Gasteiger partial charge < -0.3 is 16.4 Å². The van der Waals surface area contributed by atoms with Crippen molar-refractivity contribution < 1.29 is 9.59 Å². The summed E-state index contributed by atoms with van der Waals surface area (Å²) in [5.41, 5.74) is 5.12. The molecule has 0 aromatic rings. The molecule has 5 nitrogen and oxygen atoms in total. The first-order valence-electron chi connectivity index (χ1n) is 6.26. The van der Waals surface area contributed by atoms with E-state index < -0.39 is 11.5 Å². The van der Waals surface area contributed by atoms with Crippen LogP contribution in [0, 0.1) is 5.41 Å². The van der Waals surface area contributed by atoms with Gasteiger partial charge >= 0.3 is 0 Å². The molecule has 17 heavy (non-hydrogen) atoms. The van der Waals surface area contributed by atoms with Gasteiger partial charge in [-0.2, -0.15) is 0 Å². The molecule has 0 saturated carbocycles. The van der Waals surface area contributed by atoms with E-state index >= 15 is 0 Å². The third-order valence-electron chi connectivity index (χ3n) is 3.32. The van der Waals surface area contributed by atoms with E-state index in [1.54, 1.807) is 6.92 Å². The van der Waals surface area contributed by atoms with Gasteiger partial charge in [-0.15, -0.1) is 0 Å². The fourth-order valence-corrected chi connectivity index (χ4v) is 1.70. The van der Waals surface area contributed by atoms with E-state index in [0.29, 0.717) is 25.9 Å². The summed E-state index contributed by atoms with van der Waals surface area (Å²) in [4.78, 5) is 23.6. The summed E-state index contributed by atoms with van der Waals surface area (Å²) < 4.78 is 0. The van der Waals surface area contributed by atoms with Crippen molar-refractivity contribution >= 4 is 11.8 Å². The third-order valence-corrected chi connectivity index (χ3v) is 3.32. The van der Waals surface area contributed by atoms with Crippen LogP contribution in [0.1, 0.15) is 40.5 Å². The van der Waals surface area contributed by atoms with Crippen LogP contribution in [0.5, 0.6) is 0 Å². The van der Waals surface area contributed by atoms with Gasteiger partial charge in [0.2, 0.25) is 11.8 Å². The van der Waals surface area contributed by atoms with Crippen molar-refractivity contribution in [2.75, 3.05) is 13.1 Å². The largest absolute Gasteiger partial charge is 0.355 e. The van der Waals surface area contributed by atoms with Crippen LogP contribution in [0.3, 0.4) is 0 Å². The van der Waals surface area contributed by atoms with Crippen LogP contribution < -0.4 is 16.4 Å². The molecule has 100 valence electrons. The molecule has 0 rings (SSSR count). The predicted octanol–water partition coefficient (Wildman–Crippen LogP) is 0.392. The highest BCUT2D eigenvalue weighted by atomic mass is 16.2. The summed E-state index contributed by atoms with van der Waals surface area (Å²) in [5.74, 6) is -0.303. The lowest BCUT2D eigenvalue weighted by molar-refractivity contribution is -0.135. The summed E-state index contributed by atoms with van der Waals surface area (Å²) in [6, 6.07) is -0.522. The number of carbonyl (C=O) groups is 2. The Balaban J connectivity index is 4.56. The average molecular weight is 243 g/mol. The second kappa shape index (κ2) is 7.27. The Hall–Kier alpha value is -1.10. The number of nitrogens with two attached hydrogens (primary N) is 1. The molecule has 0 aliphatic rings. The lowest BCUT2D eigenvalue weighted by atomic mass is 9.81. The van der Waals surface area contributed by atoms with Crippen molar-refractivity contribution in [3.63, 3.8) is 0 Å². The standard InChI is InChI=1S/C12H25N3O2/c1-5-12(6-2,8-13)11(17)15-9(4)10(16)14-7-3/h9H,5-8,13H2,1-4H3,(H,14,16)(H,15,17). The zero-order valence-electron chi connectivity index (χ0n) is 11.3. The molecule has 4 N–H and O–H groups in total. The summed E-state index contributed by atoms with van der Waals surface area (Å²) in [7, 11) is 0. The minimum absolute atomic E-state index is 0.135. The second-order valence-corrected chi connectivity index (χ2v) is 4.28. The third kappa shape index (κ3) is 4.00. The van der Waals surface area contributed by atoms with Crippen LogP contribution in [0.4, 0.5) is 0 Å². The molecule has 5 heteroatoms. The van der Waals surface area contributed by atoms with Crippen molar-refractivity contribution in [1.82, 2.24) is 10.6 Å². The van der Waals surface area contributed by atoms with Gasteiger partial charge in [0.1, 0.15) is 6.04 Å². The minimum atomic E-state index is -0.555. The van der Waals surface area contributed by atoms with Gasteiger partial charge in [0.15, 0.2) is 0 Å². The van der Waals surface area contributed by atoms with E-state index in [2.05, 4.69) is 10.6 Å². The van der Waals surface area contributed by atoms with Crippen LogP contribution in [0.15, 0.2) is 0 Å². The van der Waals surface area contributed by atoms with E-state index in [-0.39, 0.29) is 11.8 Å². The van der Waals surface area contributed by atoms with Crippen molar-refractivity contribution in [1.29, 1.82) is 0 Å². The van der Waals surface area contributed by atoms with Gasteiger partial charge in [-0.3, -0.25) is 9.59 Å². The Labute approximate surface area is 104 Å². The van der Waals surface area contributed by atoms with Crippen LogP contribution in [0.25, 0.3) is 0 Å². The molecule has 0 heterocycles. The van der Waals surface area contributed by atoms with Gasteiger partial charge in [-0.25, -0.2) is 0 Å². The molecule has 0 aromatic carbocycles. The first-order chi connectivity index (χ1) is 7.97. The van der Waals surface area contributed by atoms with Crippen molar-refractivity contribution in [2.24, 2.45) is 11.1 Å². The summed E-state index contributed by atoms with van der Waals surface area (Å²) in [5, 5.41) is 5.40. The highest BCUT2D eigenvalue weighted by Crippen LogP contribution is 2.25. The molecule has 1 atom stereocenters. The molecule has 0 aliphatic carbocycles. The van der Waals surface area contributed by atoms with E-state index in [0.717, 1.165) is 0 Å². The quantitative estimate of drug-likeness (QED) is 0.605. The molecular formula is C12H25N3O2. The molecule has 1 unspecified atom stereocenters. The number of hydrogen-bond acceptors (Lipinski definition) is 3. The number of nitrogens with one attached hydrogen (secondary N) is 2.